The van der Waals surface area contributed by atoms with E-state index in [1.807, 2.05) is 6.07 Å². The number of hydrogen-bond donors (Lipinski definition) is 0. The van der Waals surface area contributed by atoms with Crippen molar-refractivity contribution in [3.8, 4) is 0 Å². The standard InChI is InChI=1S/C17H24N4O3/c1-2-24-17(23)13-6-5-11-21(12-13)16(22)14-7-8-15(19-18-14)20-9-3-4-10-20/h7-8,13H,2-6,9-12H2,1H3. The summed E-state index contributed by atoms with van der Waals surface area (Å²) in [4.78, 5) is 28.4. The Morgan fingerprint density at radius 1 is 1.17 bits per heavy atom. The first-order valence-corrected chi connectivity index (χ1v) is 8.73. The van der Waals surface area contributed by atoms with Crippen molar-refractivity contribution in [3.05, 3.63) is 17.8 Å². The molecule has 0 aromatic carbocycles. The van der Waals surface area contributed by atoms with Crippen molar-refractivity contribution < 1.29 is 14.3 Å². The van der Waals surface area contributed by atoms with Crippen molar-refractivity contribution >= 4 is 17.7 Å². The summed E-state index contributed by atoms with van der Waals surface area (Å²) < 4.78 is 5.08. The Morgan fingerprint density at radius 2 is 1.96 bits per heavy atom. The average Bonchev–Trinajstić information content (AvgIpc) is 3.16. The van der Waals surface area contributed by atoms with Crippen LogP contribution >= 0.6 is 0 Å². The highest BCUT2D eigenvalue weighted by molar-refractivity contribution is 5.92. The van der Waals surface area contributed by atoms with Gasteiger partial charge in [0, 0.05) is 26.2 Å². The number of anilines is 1. The maximum Gasteiger partial charge on any atom is 0.310 e. The smallest absolute Gasteiger partial charge is 0.310 e. The quantitative estimate of drug-likeness (QED) is 0.778. The van der Waals surface area contributed by atoms with E-state index in [1.54, 1.807) is 17.9 Å². The van der Waals surface area contributed by atoms with Gasteiger partial charge in [0.1, 0.15) is 0 Å². The first-order valence-electron chi connectivity index (χ1n) is 8.73. The van der Waals surface area contributed by atoms with Gasteiger partial charge < -0.3 is 14.5 Å². The van der Waals surface area contributed by atoms with E-state index in [0.717, 1.165) is 31.7 Å². The van der Waals surface area contributed by atoms with Crippen LogP contribution in [0.2, 0.25) is 0 Å². The zero-order valence-corrected chi connectivity index (χ0v) is 14.1. The molecular formula is C17H24N4O3. The maximum absolute atomic E-state index is 12.6. The summed E-state index contributed by atoms with van der Waals surface area (Å²) >= 11 is 0. The van der Waals surface area contributed by atoms with Gasteiger partial charge in [0.2, 0.25) is 0 Å². The van der Waals surface area contributed by atoms with E-state index >= 15 is 0 Å². The van der Waals surface area contributed by atoms with Crippen LogP contribution < -0.4 is 4.90 Å². The molecule has 2 aliphatic rings. The topological polar surface area (TPSA) is 75.6 Å². The normalized spacial score (nSPS) is 21.0. The Kier molecular flexibility index (Phi) is 5.27. The molecule has 0 aliphatic carbocycles. The van der Waals surface area contributed by atoms with Gasteiger partial charge in [0.05, 0.1) is 12.5 Å². The van der Waals surface area contributed by atoms with Crippen LogP contribution in [-0.4, -0.2) is 59.8 Å². The second-order valence-corrected chi connectivity index (χ2v) is 6.31. The van der Waals surface area contributed by atoms with Crippen molar-refractivity contribution in [2.75, 3.05) is 37.7 Å². The van der Waals surface area contributed by atoms with Crippen molar-refractivity contribution in [2.24, 2.45) is 5.92 Å². The fourth-order valence-electron chi connectivity index (χ4n) is 3.33. The molecule has 1 unspecified atom stereocenters. The number of ether oxygens (including phenoxy) is 1. The molecule has 0 spiro atoms. The number of amides is 1. The molecular weight excluding hydrogens is 308 g/mol. The maximum atomic E-state index is 12.6. The highest BCUT2D eigenvalue weighted by Gasteiger charge is 2.30. The number of rotatable bonds is 4. The summed E-state index contributed by atoms with van der Waals surface area (Å²) in [5, 5.41) is 8.30. The predicted molar refractivity (Wildman–Crippen MR) is 88.7 cm³/mol. The molecule has 2 fully saturated rings. The molecule has 1 aromatic heterocycles. The molecule has 3 heterocycles. The molecule has 130 valence electrons. The van der Waals surface area contributed by atoms with Crippen molar-refractivity contribution in [1.29, 1.82) is 0 Å². The molecule has 24 heavy (non-hydrogen) atoms. The summed E-state index contributed by atoms with van der Waals surface area (Å²) in [6.45, 7) is 5.19. The highest BCUT2D eigenvalue weighted by atomic mass is 16.5. The fourth-order valence-corrected chi connectivity index (χ4v) is 3.33. The molecule has 1 aromatic rings. The third kappa shape index (κ3) is 3.66. The first-order chi connectivity index (χ1) is 11.7. The lowest BCUT2D eigenvalue weighted by Crippen LogP contribution is -2.43. The van der Waals surface area contributed by atoms with E-state index < -0.39 is 0 Å². The Hall–Kier alpha value is -2.18. The Morgan fingerprint density at radius 3 is 2.62 bits per heavy atom. The second kappa shape index (κ2) is 7.59. The van der Waals surface area contributed by atoms with E-state index in [-0.39, 0.29) is 17.8 Å². The lowest BCUT2D eigenvalue weighted by Gasteiger charge is -2.31. The summed E-state index contributed by atoms with van der Waals surface area (Å²) in [5.74, 6) is 0.210. The van der Waals surface area contributed by atoms with E-state index in [2.05, 4.69) is 15.1 Å². The number of likely N-dealkylation sites (tertiary alicyclic amines) is 1. The number of carbonyl (C=O) groups is 2. The Labute approximate surface area is 142 Å². The minimum absolute atomic E-state index is 0.163. The largest absolute Gasteiger partial charge is 0.466 e. The molecule has 0 bridgehead atoms. The average molecular weight is 332 g/mol. The van der Waals surface area contributed by atoms with Crippen LogP contribution in [0.1, 0.15) is 43.1 Å². The molecule has 2 aliphatic heterocycles. The molecule has 7 heteroatoms. The summed E-state index contributed by atoms with van der Waals surface area (Å²) in [6.07, 6.45) is 3.91. The minimum Gasteiger partial charge on any atom is -0.466 e. The van der Waals surface area contributed by atoms with Crippen LogP contribution in [0.4, 0.5) is 5.82 Å². The second-order valence-electron chi connectivity index (χ2n) is 6.31. The number of carbonyl (C=O) groups excluding carboxylic acids is 2. The van der Waals surface area contributed by atoms with Gasteiger partial charge in [-0.15, -0.1) is 10.2 Å². The molecule has 0 saturated carbocycles. The Bertz CT molecular complexity index is 584. The molecule has 7 nitrogen and oxygen atoms in total. The highest BCUT2D eigenvalue weighted by Crippen LogP contribution is 2.21. The third-order valence-corrected chi connectivity index (χ3v) is 4.63. The molecule has 2 saturated heterocycles. The van der Waals surface area contributed by atoms with Crippen LogP contribution in [0.5, 0.6) is 0 Å². The lowest BCUT2D eigenvalue weighted by molar-refractivity contribution is -0.149. The number of aromatic nitrogens is 2. The number of hydrogen-bond acceptors (Lipinski definition) is 6. The summed E-state index contributed by atoms with van der Waals surface area (Å²) in [5.41, 5.74) is 0.336. The van der Waals surface area contributed by atoms with E-state index in [0.29, 0.717) is 25.4 Å². The van der Waals surface area contributed by atoms with Crippen LogP contribution in [-0.2, 0) is 9.53 Å². The van der Waals surface area contributed by atoms with Crippen LogP contribution in [0.3, 0.4) is 0 Å². The fraction of sp³-hybridized carbons (Fsp3) is 0.647. The van der Waals surface area contributed by atoms with E-state index in [4.69, 9.17) is 4.74 Å². The molecule has 0 N–H and O–H groups in total. The molecule has 0 radical (unpaired) electrons. The predicted octanol–water partition coefficient (Wildman–Crippen LogP) is 1.49. The first kappa shape index (κ1) is 16.7. The minimum atomic E-state index is -0.237. The van der Waals surface area contributed by atoms with Gasteiger partial charge in [0.25, 0.3) is 5.91 Å². The number of nitrogens with zero attached hydrogens (tertiary/aromatic N) is 4. The van der Waals surface area contributed by atoms with Crippen LogP contribution in [0.25, 0.3) is 0 Å². The van der Waals surface area contributed by atoms with Crippen molar-refractivity contribution in [3.63, 3.8) is 0 Å². The SMILES string of the molecule is CCOC(=O)C1CCCN(C(=O)c2ccc(N3CCCC3)nn2)C1. The van der Waals surface area contributed by atoms with Gasteiger partial charge in [-0.1, -0.05) is 0 Å². The lowest BCUT2D eigenvalue weighted by atomic mass is 9.98. The zero-order chi connectivity index (χ0) is 16.9. The van der Waals surface area contributed by atoms with Gasteiger partial charge in [-0.3, -0.25) is 9.59 Å². The van der Waals surface area contributed by atoms with Crippen LogP contribution in [0.15, 0.2) is 12.1 Å². The molecule has 1 amide bonds. The van der Waals surface area contributed by atoms with Gasteiger partial charge in [-0.05, 0) is 44.7 Å². The van der Waals surface area contributed by atoms with Crippen molar-refractivity contribution in [1.82, 2.24) is 15.1 Å². The van der Waals surface area contributed by atoms with Crippen molar-refractivity contribution in [2.45, 2.75) is 32.6 Å². The summed E-state index contributed by atoms with van der Waals surface area (Å²) in [6, 6.07) is 3.59. The van der Waals surface area contributed by atoms with Gasteiger partial charge >= 0.3 is 5.97 Å². The van der Waals surface area contributed by atoms with E-state index in [9.17, 15) is 9.59 Å². The Balaban J connectivity index is 1.63. The number of piperidine rings is 1. The third-order valence-electron chi connectivity index (χ3n) is 4.63. The van der Waals surface area contributed by atoms with E-state index in [1.165, 1.54) is 12.8 Å². The van der Waals surface area contributed by atoms with Gasteiger partial charge in [-0.25, -0.2) is 0 Å². The summed E-state index contributed by atoms with van der Waals surface area (Å²) in [7, 11) is 0. The zero-order valence-electron chi connectivity index (χ0n) is 14.1. The molecule has 3 rings (SSSR count). The monoisotopic (exact) mass is 332 g/mol. The van der Waals surface area contributed by atoms with Gasteiger partial charge in [0.15, 0.2) is 11.5 Å². The molecule has 1 atom stereocenters. The van der Waals surface area contributed by atoms with Gasteiger partial charge in [-0.2, -0.15) is 0 Å². The van der Waals surface area contributed by atoms with Crippen LogP contribution in [0, 0.1) is 5.92 Å². The number of esters is 1.